The average molecular weight is 330 g/mol. The number of carbonyl (C=O) groups excluding carboxylic acids is 1. The van der Waals surface area contributed by atoms with Gasteiger partial charge >= 0.3 is 0 Å². The molecule has 120 valence electrons. The molecule has 0 aliphatic rings. The summed E-state index contributed by atoms with van der Waals surface area (Å²) in [6.45, 7) is 0.612. The van der Waals surface area contributed by atoms with Crippen LogP contribution in [0.25, 0.3) is 4.96 Å². The molecule has 0 radical (unpaired) electrons. The smallest absolute Gasteiger partial charge is 0.220 e. The van der Waals surface area contributed by atoms with Gasteiger partial charge in [0.25, 0.3) is 0 Å². The van der Waals surface area contributed by atoms with Gasteiger partial charge in [-0.15, -0.1) is 21.5 Å². The summed E-state index contributed by atoms with van der Waals surface area (Å²) in [6.07, 6.45) is 3.64. The van der Waals surface area contributed by atoms with E-state index in [4.69, 9.17) is 4.74 Å². The second-order valence-electron chi connectivity index (χ2n) is 5.16. The van der Waals surface area contributed by atoms with E-state index in [0.29, 0.717) is 19.4 Å². The highest BCUT2D eigenvalue weighted by Crippen LogP contribution is 2.14. The molecule has 0 saturated carbocycles. The lowest BCUT2D eigenvalue weighted by molar-refractivity contribution is -0.121. The highest BCUT2D eigenvalue weighted by atomic mass is 32.1. The summed E-state index contributed by atoms with van der Waals surface area (Å²) in [5.74, 6) is 0.876. The lowest BCUT2D eigenvalue weighted by Gasteiger charge is -2.06. The molecule has 3 aromatic rings. The van der Waals surface area contributed by atoms with Gasteiger partial charge in [0.2, 0.25) is 10.9 Å². The second kappa shape index (κ2) is 7.23. The molecule has 7 heteroatoms. The zero-order chi connectivity index (χ0) is 16.1. The standard InChI is InChI=1S/C16H18N4O2S/c1-22-14-4-2-3-12(9-14)5-6-15(21)17-8-7-13-10-23-16-19-18-11-20(13)16/h2-4,9-11H,5-8H2,1H3,(H,17,21). The van der Waals surface area contributed by atoms with Gasteiger partial charge in [0.15, 0.2) is 0 Å². The van der Waals surface area contributed by atoms with E-state index in [9.17, 15) is 4.79 Å². The third-order valence-corrected chi connectivity index (χ3v) is 4.48. The van der Waals surface area contributed by atoms with E-state index < -0.39 is 0 Å². The Morgan fingerprint density at radius 3 is 3.17 bits per heavy atom. The van der Waals surface area contributed by atoms with Gasteiger partial charge in [0, 0.05) is 30.5 Å². The first kappa shape index (κ1) is 15.5. The van der Waals surface area contributed by atoms with Gasteiger partial charge in [-0.1, -0.05) is 12.1 Å². The average Bonchev–Trinajstić information content (AvgIpc) is 3.18. The van der Waals surface area contributed by atoms with Crippen LogP contribution in [-0.2, 0) is 17.6 Å². The number of rotatable bonds is 7. The molecule has 0 aliphatic heterocycles. The van der Waals surface area contributed by atoms with E-state index in [1.807, 2.05) is 34.0 Å². The molecule has 0 spiro atoms. The molecule has 2 aromatic heterocycles. The van der Waals surface area contributed by atoms with Crippen molar-refractivity contribution in [3.63, 3.8) is 0 Å². The van der Waals surface area contributed by atoms with Crippen LogP contribution in [-0.4, -0.2) is 34.2 Å². The first-order chi connectivity index (χ1) is 11.3. The van der Waals surface area contributed by atoms with Crippen LogP contribution < -0.4 is 10.1 Å². The number of fused-ring (bicyclic) bond motifs is 1. The Hall–Kier alpha value is -2.41. The maximum atomic E-state index is 11.9. The van der Waals surface area contributed by atoms with Crippen molar-refractivity contribution in [2.45, 2.75) is 19.3 Å². The predicted octanol–water partition coefficient (Wildman–Crippen LogP) is 2.09. The highest BCUT2D eigenvalue weighted by Gasteiger charge is 2.06. The second-order valence-corrected chi connectivity index (χ2v) is 6.00. The molecule has 6 nitrogen and oxygen atoms in total. The lowest BCUT2D eigenvalue weighted by atomic mass is 10.1. The number of amides is 1. The van der Waals surface area contributed by atoms with Crippen molar-refractivity contribution in [1.29, 1.82) is 0 Å². The SMILES string of the molecule is COc1cccc(CCC(=O)NCCc2csc3nncn23)c1. The number of nitrogens with zero attached hydrogens (tertiary/aromatic N) is 3. The van der Waals surface area contributed by atoms with Crippen molar-refractivity contribution in [1.82, 2.24) is 19.9 Å². The molecule has 0 atom stereocenters. The minimum atomic E-state index is 0.0584. The Bertz CT molecular complexity index is 796. The summed E-state index contributed by atoms with van der Waals surface area (Å²) < 4.78 is 7.14. The van der Waals surface area contributed by atoms with Gasteiger partial charge in [-0.25, -0.2) is 0 Å². The molecule has 0 bridgehead atoms. The van der Waals surface area contributed by atoms with Crippen LogP contribution in [0, 0.1) is 0 Å². The first-order valence-electron chi connectivity index (χ1n) is 7.42. The van der Waals surface area contributed by atoms with E-state index >= 15 is 0 Å². The number of aryl methyl sites for hydroxylation is 1. The van der Waals surface area contributed by atoms with Crippen LogP contribution in [0.2, 0.25) is 0 Å². The number of hydrogen-bond donors (Lipinski definition) is 1. The van der Waals surface area contributed by atoms with Crippen LogP contribution in [0.1, 0.15) is 17.7 Å². The first-order valence-corrected chi connectivity index (χ1v) is 8.30. The minimum absolute atomic E-state index is 0.0584. The fourth-order valence-electron chi connectivity index (χ4n) is 2.36. The van der Waals surface area contributed by atoms with Crippen molar-refractivity contribution in [2.24, 2.45) is 0 Å². The van der Waals surface area contributed by atoms with Crippen LogP contribution in [0.15, 0.2) is 36.0 Å². The van der Waals surface area contributed by atoms with E-state index in [-0.39, 0.29) is 5.91 Å². The van der Waals surface area contributed by atoms with Crippen molar-refractivity contribution >= 4 is 22.2 Å². The van der Waals surface area contributed by atoms with Gasteiger partial charge < -0.3 is 10.1 Å². The lowest BCUT2D eigenvalue weighted by Crippen LogP contribution is -2.26. The highest BCUT2D eigenvalue weighted by molar-refractivity contribution is 7.15. The Labute approximate surface area is 138 Å². The number of carbonyl (C=O) groups is 1. The number of aromatic nitrogens is 3. The number of benzene rings is 1. The molecule has 3 rings (SSSR count). The molecule has 1 amide bonds. The predicted molar refractivity (Wildman–Crippen MR) is 88.9 cm³/mol. The maximum Gasteiger partial charge on any atom is 0.220 e. The summed E-state index contributed by atoms with van der Waals surface area (Å²) in [5, 5.41) is 12.9. The molecular weight excluding hydrogens is 312 g/mol. The van der Waals surface area contributed by atoms with Crippen LogP contribution >= 0.6 is 11.3 Å². The zero-order valence-electron chi connectivity index (χ0n) is 12.9. The summed E-state index contributed by atoms with van der Waals surface area (Å²) in [6, 6.07) is 7.80. The van der Waals surface area contributed by atoms with Crippen LogP contribution in [0.5, 0.6) is 5.75 Å². The number of hydrogen-bond acceptors (Lipinski definition) is 5. The molecule has 0 aliphatic carbocycles. The normalized spacial score (nSPS) is 10.8. The molecule has 1 aromatic carbocycles. The van der Waals surface area contributed by atoms with Crippen molar-refractivity contribution in [3.05, 3.63) is 47.2 Å². The maximum absolute atomic E-state index is 11.9. The fraction of sp³-hybridized carbons (Fsp3) is 0.312. The van der Waals surface area contributed by atoms with Crippen molar-refractivity contribution in [3.8, 4) is 5.75 Å². The topological polar surface area (TPSA) is 68.5 Å². The summed E-state index contributed by atoms with van der Waals surface area (Å²) in [4.78, 5) is 12.8. The monoisotopic (exact) mass is 330 g/mol. The minimum Gasteiger partial charge on any atom is -0.497 e. The Morgan fingerprint density at radius 2 is 2.30 bits per heavy atom. The van der Waals surface area contributed by atoms with Gasteiger partial charge in [0.1, 0.15) is 12.1 Å². The quantitative estimate of drug-likeness (QED) is 0.720. The van der Waals surface area contributed by atoms with Crippen molar-refractivity contribution < 1.29 is 9.53 Å². The van der Waals surface area contributed by atoms with E-state index in [2.05, 4.69) is 15.5 Å². The Kier molecular flexibility index (Phi) is 4.87. The largest absolute Gasteiger partial charge is 0.497 e. The summed E-state index contributed by atoms with van der Waals surface area (Å²) >= 11 is 1.56. The zero-order valence-corrected chi connectivity index (χ0v) is 13.7. The molecule has 23 heavy (non-hydrogen) atoms. The fourth-order valence-corrected chi connectivity index (χ4v) is 3.21. The third-order valence-electron chi connectivity index (χ3n) is 3.60. The van der Waals surface area contributed by atoms with Gasteiger partial charge in [-0.3, -0.25) is 9.20 Å². The Balaban J connectivity index is 1.43. The van der Waals surface area contributed by atoms with E-state index in [0.717, 1.165) is 28.4 Å². The number of thiazole rings is 1. The van der Waals surface area contributed by atoms with Gasteiger partial charge in [-0.05, 0) is 24.1 Å². The van der Waals surface area contributed by atoms with E-state index in [1.54, 1.807) is 24.8 Å². The van der Waals surface area contributed by atoms with Crippen molar-refractivity contribution in [2.75, 3.05) is 13.7 Å². The van der Waals surface area contributed by atoms with E-state index in [1.165, 1.54) is 0 Å². The van der Waals surface area contributed by atoms with Gasteiger partial charge in [0.05, 0.1) is 7.11 Å². The number of nitrogens with one attached hydrogen (secondary N) is 1. The summed E-state index contributed by atoms with van der Waals surface area (Å²) in [5.41, 5.74) is 2.21. The number of methoxy groups -OCH3 is 1. The third kappa shape index (κ3) is 3.87. The number of ether oxygens (including phenoxy) is 1. The molecular formula is C16H18N4O2S. The summed E-state index contributed by atoms with van der Waals surface area (Å²) in [7, 11) is 1.64. The molecule has 1 N–H and O–H groups in total. The molecule has 0 saturated heterocycles. The van der Waals surface area contributed by atoms with Crippen LogP contribution in [0.4, 0.5) is 0 Å². The molecule has 0 fully saturated rings. The Morgan fingerprint density at radius 1 is 1.39 bits per heavy atom. The molecule has 2 heterocycles. The molecule has 0 unspecified atom stereocenters. The van der Waals surface area contributed by atoms with Crippen LogP contribution in [0.3, 0.4) is 0 Å². The van der Waals surface area contributed by atoms with Gasteiger partial charge in [-0.2, -0.15) is 0 Å².